The van der Waals surface area contributed by atoms with Gasteiger partial charge in [-0.1, -0.05) is 41.4 Å². The van der Waals surface area contributed by atoms with E-state index >= 15 is 0 Å². The molecule has 0 unspecified atom stereocenters. The number of thioether (sulfide) groups is 1. The molecule has 1 aromatic heterocycles. The van der Waals surface area contributed by atoms with Crippen LogP contribution >= 0.6 is 35.0 Å². The second-order valence-electron chi connectivity index (χ2n) is 6.51. The Morgan fingerprint density at radius 2 is 1.84 bits per heavy atom. The smallest absolute Gasteiger partial charge is 0.294 e. The molecule has 1 aliphatic heterocycles. The number of benzene rings is 2. The van der Waals surface area contributed by atoms with Gasteiger partial charge in [0.05, 0.1) is 9.93 Å². The summed E-state index contributed by atoms with van der Waals surface area (Å²) in [5.41, 5.74) is 1.19. The number of hydrogen-bond acceptors (Lipinski definition) is 5. The average Bonchev–Trinajstić information content (AvgIpc) is 3.31. The molecular weight excluding hydrogens is 459 g/mol. The maximum atomic E-state index is 12.6. The number of nitrogens with one attached hydrogen (secondary N) is 1. The zero-order valence-electron chi connectivity index (χ0n) is 15.8. The minimum Gasteiger partial charge on any atom is -0.457 e. The van der Waals surface area contributed by atoms with E-state index in [1.807, 2.05) is 6.07 Å². The maximum Gasteiger partial charge on any atom is 0.294 e. The summed E-state index contributed by atoms with van der Waals surface area (Å²) in [5, 5.41) is 3.10. The third-order valence-electron chi connectivity index (χ3n) is 4.33. The van der Waals surface area contributed by atoms with Crippen LogP contribution in [-0.4, -0.2) is 28.5 Å². The molecule has 0 aliphatic carbocycles. The summed E-state index contributed by atoms with van der Waals surface area (Å²) in [7, 11) is 0. The van der Waals surface area contributed by atoms with Gasteiger partial charge in [-0.2, -0.15) is 0 Å². The average molecular weight is 473 g/mol. The minimum atomic E-state index is -0.558. The topological polar surface area (TPSA) is 79.6 Å². The molecule has 1 fully saturated rings. The summed E-state index contributed by atoms with van der Waals surface area (Å²) in [5.74, 6) is -0.187. The minimum absolute atomic E-state index is 0.163. The Balaban J connectivity index is 1.48. The van der Waals surface area contributed by atoms with Crippen molar-refractivity contribution >= 4 is 63.8 Å². The van der Waals surface area contributed by atoms with Crippen molar-refractivity contribution in [2.75, 3.05) is 11.9 Å². The van der Waals surface area contributed by atoms with E-state index in [1.165, 1.54) is 6.08 Å². The first kappa shape index (κ1) is 21.2. The van der Waals surface area contributed by atoms with Crippen molar-refractivity contribution in [3.63, 3.8) is 0 Å². The summed E-state index contributed by atoms with van der Waals surface area (Å²) in [4.78, 5) is 38.2. The molecular formula is C22H14Cl2N2O4S. The second kappa shape index (κ2) is 9.01. The number of carbonyl (C=O) groups is 3. The van der Waals surface area contributed by atoms with E-state index in [1.54, 1.807) is 54.6 Å². The molecule has 6 nitrogen and oxygen atoms in total. The maximum absolute atomic E-state index is 12.6. The van der Waals surface area contributed by atoms with E-state index in [-0.39, 0.29) is 11.4 Å². The van der Waals surface area contributed by atoms with Crippen LogP contribution in [0.25, 0.3) is 17.4 Å². The normalized spacial score (nSPS) is 15.0. The highest BCUT2D eigenvalue weighted by molar-refractivity contribution is 8.18. The Morgan fingerprint density at radius 3 is 2.61 bits per heavy atom. The van der Waals surface area contributed by atoms with Crippen LogP contribution in [0.2, 0.25) is 10.0 Å². The first-order chi connectivity index (χ1) is 14.9. The Labute approximate surface area is 191 Å². The fourth-order valence-electron chi connectivity index (χ4n) is 2.89. The van der Waals surface area contributed by atoms with E-state index in [9.17, 15) is 14.4 Å². The van der Waals surface area contributed by atoms with E-state index in [4.69, 9.17) is 27.6 Å². The summed E-state index contributed by atoms with van der Waals surface area (Å²) in [6, 6.07) is 17.1. The Hall–Kier alpha value is -3.00. The van der Waals surface area contributed by atoms with E-state index < -0.39 is 17.1 Å². The monoisotopic (exact) mass is 472 g/mol. The van der Waals surface area contributed by atoms with Crippen LogP contribution in [0.3, 0.4) is 0 Å². The van der Waals surface area contributed by atoms with Crippen molar-refractivity contribution in [3.05, 3.63) is 81.4 Å². The highest BCUT2D eigenvalue weighted by Crippen LogP contribution is 2.35. The lowest BCUT2D eigenvalue weighted by Gasteiger charge is -2.12. The zero-order chi connectivity index (χ0) is 22.0. The van der Waals surface area contributed by atoms with Gasteiger partial charge in [0.1, 0.15) is 18.1 Å². The van der Waals surface area contributed by atoms with Crippen molar-refractivity contribution in [2.24, 2.45) is 0 Å². The molecule has 1 aliphatic rings. The highest BCUT2D eigenvalue weighted by atomic mass is 35.5. The molecule has 31 heavy (non-hydrogen) atoms. The summed E-state index contributed by atoms with van der Waals surface area (Å²) >= 11 is 13.0. The van der Waals surface area contributed by atoms with Crippen LogP contribution in [0.15, 0.2) is 70.0 Å². The van der Waals surface area contributed by atoms with Crippen LogP contribution in [-0.2, 0) is 9.59 Å². The van der Waals surface area contributed by atoms with Crippen molar-refractivity contribution in [1.29, 1.82) is 0 Å². The third-order valence-corrected chi connectivity index (χ3v) is 5.80. The van der Waals surface area contributed by atoms with Crippen molar-refractivity contribution in [1.82, 2.24) is 4.90 Å². The lowest BCUT2D eigenvalue weighted by Crippen LogP contribution is -2.36. The number of rotatable bonds is 5. The zero-order valence-corrected chi connectivity index (χ0v) is 18.1. The lowest BCUT2D eigenvalue weighted by atomic mass is 10.2. The van der Waals surface area contributed by atoms with Gasteiger partial charge in [-0.05, 0) is 54.2 Å². The van der Waals surface area contributed by atoms with Gasteiger partial charge in [0, 0.05) is 22.3 Å². The Bertz CT molecular complexity index is 1210. The summed E-state index contributed by atoms with van der Waals surface area (Å²) in [6.07, 6.45) is 1.46. The van der Waals surface area contributed by atoms with Gasteiger partial charge >= 0.3 is 0 Å². The van der Waals surface area contributed by atoms with E-state index in [2.05, 4.69) is 5.32 Å². The van der Waals surface area contributed by atoms with E-state index in [0.717, 1.165) is 16.7 Å². The first-order valence-corrected chi connectivity index (χ1v) is 10.6. The molecule has 9 heteroatoms. The van der Waals surface area contributed by atoms with Crippen LogP contribution < -0.4 is 5.32 Å². The number of amides is 3. The number of carbonyl (C=O) groups excluding carboxylic acids is 3. The molecule has 0 bridgehead atoms. The van der Waals surface area contributed by atoms with Gasteiger partial charge in [0.2, 0.25) is 5.91 Å². The van der Waals surface area contributed by atoms with Crippen molar-refractivity contribution < 1.29 is 18.8 Å². The summed E-state index contributed by atoms with van der Waals surface area (Å²) < 4.78 is 5.75. The molecule has 0 saturated carbocycles. The molecule has 2 aromatic carbocycles. The number of furan rings is 1. The Morgan fingerprint density at radius 1 is 1.06 bits per heavy atom. The highest BCUT2D eigenvalue weighted by Gasteiger charge is 2.36. The van der Waals surface area contributed by atoms with Gasteiger partial charge < -0.3 is 9.73 Å². The third kappa shape index (κ3) is 4.85. The van der Waals surface area contributed by atoms with Gasteiger partial charge in [-0.25, -0.2) is 0 Å². The summed E-state index contributed by atoms with van der Waals surface area (Å²) in [6.45, 7) is -0.377. The van der Waals surface area contributed by atoms with Gasteiger partial charge in [0.25, 0.3) is 11.1 Å². The molecule has 156 valence electrons. The van der Waals surface area contributed by atoms with Crippen LogP contribution in [0, 0.1) is 0 Å². The quantitative estimate of drug-likeness (QED) is 0.465. The molecule has 1 N–H and O–H groups in total. The fraction of sp³-hybridized carbons (Fsp3) is 0.0455. The Kier molecular flexibility index (Phi) is 6.18. The molecule has 1 saturated heterocycles. The predicted octanol–water partition coefficient (Wildman–Crippen LogP) is 5.93. The fourth-order valence-corrected chi connectivity index (χ4v) is 4.09. The first-order valence-electron chi connectivity index (χ1n) is 9.06. The molecule has 3 amide bonds. The van der Waals surface area contributed by atoms with Crippen molar-refractivity contribution in [2.45, 2.75) is 0 Å². The van der Waals surface area contributed by atoms with Crippen LogP contribution in [0.1, 0.15) is 5.76 Å². The number of anilines is 1. The van der Waals surface area contributed by atoms with Crippen LogP contribution in [0.4, 0.5) is 10.5 Å². The van der Waals surface area contributed by atoms with Crippen molar-refractivity contribution in [3.8, 4) is 11.3 Å². The lowest BCUT2D eigenvalue weighted by molar-refractivity contribution is -0.127. The predicted molar refractivity (Wildman–Crippen MR) is 122 cm³/mol. The molecule has 0 spiro atoms. The van der Waals surface area contributed by atoms with Gasteiger partial charge in [-0.15, -0.1) is 0 Å². The molecule has 0 atom stereocenters. The largest absolute Gasteiger partial charge is 0.457 e. The van der Waals surface area contributed by atoms with E-state index in [0.29, 0.717) is 32.8 Å². The van der Waals surface area contributed by atoms with Crippen LogP contribution in [0.5, 0.6) is 0 Å². The number of imide groups is 1. The van der Waals surface area contributed by atoms with Gasteiger partial charge in [0.15, 0.2) is 0 Å². The molecule has 0 radical (unpaired) electrons. The second-order valence-corrected chi connectivity index (χ2v) is 8.35. The SMILES string of the molecule is O=C(CN1C(=O)S/C(=C/c2ccc(-c3cc(Cl)ccc3Cl)o2)C1=O)Nc1ccccc1. The number of para-hydroxylation sites is 1. The molecule has 2 heterocycles. The van der Waals surface area contributed by atoms with Gasteiger partial charge in [-0.3, -0.25) is 19.3 Å². The number of nitrogens with zero attached hydrogens (tertiary/aromatic N) is 1. The number of halogens is 2. The molecule has 3 aromatic rings. The standard InChI is InChI=1S/C22H14Cl2N2O4S/c23-13-6-8-17(24)16(10-13)18-9-7-15(30-18)11-19-21(28)26(22(29)31-19)12-20(27)25-14-4-2-1-3-5-14/h1-11H,12H2,(H,25,27)/b19-11+. The number of hydrogen-bond donors (Lipinski definition) is 1. The molecule has 4 rings (SSSR count).